The summed E-state index contributed by atoms with van der Waals surface area (Å²) in [6.07, 6.45) is 6.28. The molecule has 0 saturated carbocycles. The highest BCUT2D eigenvalue weighted by molar-refractivity contribution is 7.18. The van der Waals surface area contributed by atoms with Gasteiger partial charge in [-0.15, -0.1) is 22.7 Å². The maximum Gasteiger partial charge on any atom is 0.264 e. The number of rotatable bonds is 6. The lowest BCUT2D eigenvalue weighted by Gasteiger charge is -2.37. The Morgan fingerprint density at radius 2 is 1.89 bits per heavy atom. The first-order chi connectivity index (χ1) is 17.1. The fourth-order valence-electron chi connectivity index (χ4n) is 5.08. The predicted molar refractivity (Wildman–Crippen MR) is 140 cm³/mol. The van der Waals surface area contributed by atoms with Crippen LogP contribution in [0, 0.1) is 0 Å². The molecule has 5 heterocycles. The molecule has 35 heavy (non-hydrogen) atoms. The van der Waals surface area contributed by atoms with Gasteiger partial charge in [0.05, 0.1) is 25.8 Å². The third-order valence-corrected chi connectivity index (χ3v) is 9.31. The van der Waals surface area contributed by atoms with Gasteiger partial charge in [0.1, 0.15) is 0 Å². The number of anilines is 1. The summed E-state index contributed by atoms with van der Waals surface area (Å²) in [5.74, 6) is 0.293. The zero-order chi connectivity index (χ0) is 23.8. The van der Waals surface area contributed by atoms with Gasteiger partial charge < -0.3 is 20.9 Å². The van der Waals surface area contributed by atoms with Crippen LogP contribution >= 0.6 is 22.7 Å². The highest BCUT2D eigenvalue weighted by Gasteiger charge is 2.35. The van der Waals surface area contributed by atoms with Gasteiger partial charge in [-0.25, -0.2) is 4.98 Å². The topological polar surface area (TPSA) is 86.4 Å². The molecule has 2 amide bonds. The van der Waals surface area contributed by atoms with Crippen molar-refractivity contribution in [3.63, 3.8) is 0 Å². The molecule has 3 fully saturated rings. The first-order valence-corrected chi connectivity index (χ1v) is 14.0. The van der Waals surface area contributed by atoms with Crippen molar-refractivity contribution in [3.05, 3.63) is 58.0 Å². The van der Waals surface area contributed by atoms with Gasteiger partial charge in [0.2, 0.25) is 5.91 Å². The number of likely N-dealkylation sites (tertiary alicyclic amines) is 1. The Hall–Kier alpha value is -2.59. The molecule has 3 N–H and O–H groups in total. The van der Waals surface area contributed by atoms with Gasteiger partial charge in [-0.1, -0.05) is 18.2 Å². The van der Waals surface area contributed by atoms with Crippen LogP contribution in [0.25, 0.3) is 10.4 Å². The van der Waals surface area contributed by atoms with E-state index in [0.717, 1.165) is 35.9 Å². The van der Waals surface area contributed by atoms with Crippen molar-refractivity contribution in [2.24, 2.45) is 0 Å². The number of carbonyl (C=O) groups is 2. The average molecular weight is 508 g/mol. The van der Waals surface area contributed by atoms with Crippen molar-refractivity contribution >= 4 is 39.5 Å². The van der Waals surface area contributed by atoms with Gasteiger partial charge in [-0.3, -0.25) is 9.59 Å². The number of hydrogen-bond donors (Lipinski definition) is 3. The molecule has 1 aromatic carbocycles. The lowest BCUT2D eigenvalue weighted by Crippen LogP contribution is -2.48. The normalized spacial score (nSPS) is 22.3. The fraction of sp³-hybridized carbons (Fsp3) is 0.423. The van der Waals surface area contributed by atoms with Crippen molar-refractivity contribution in [1.29, 1.82) is 0 Å². The number of hydrogen-bond acceptors (Lipinski definition) is 7. The first kappa shape index (κ1) is 22.8. The van der Waals surface area contributed by atoms with Crippen LogP contribution in [-0.4, -0.2) is 53.9 Å². The Bertz CT molecular complexity index is 1220. The van der Waals surface area contributed by atoms with E-state index in [0.29, 0.717) is 24.0 Å². The van der Waals surface area contributed by atoms with Crippen LogP contribution < -0.4 is 16.0 Å². The minimum absolute atomic E-state index is 0.0167. The third-order valence-electron chi connectivity index (χ3n) is 7.12. The number of nitrogens with one attached hydrogen (secondary N) is 3. The molecule has 2 aromatic heterocycles. The van der Waals surface area contributed by atoms with Gasteiger partial charge in [0.15, 0.2) is 0 Å². The molecule has 3 aliphatic rings. The summed E-state index contributed by atoms with van der Waals surface area (Å²) >= 11 is 3.08. The maximum atomic E-state index is 12.9. The molecule has 182 valence electrons. The van der Waals surface area contributed by atoms with E-state index in [-0.39, 0.29) is 23.8 Å². The van der Waals surface area contributed by atoms with Gasteiger partial charge in [0.25, 0.3) is 5.91 Å². The van der Waals surface area contributed by atoms with Gasteiger partial charge >= 0.3 is 0 Å². The second-order valence-corrected chi connectivity index (χ2v) is 11.7. The van der Waals surface area contributed by atoms with E-state index in [2.05, 4.69) is 40.2 Å². The fourth-order valence-corrected chi connectivity index (χ4v) is 6.95. The quantitative estimate of drug-likeness (QED) is 0.465. The average Bonchev–Trinajstić information content (AvgIpc) is 3.65. The number of thiazole rings is 1. The lowest BCUT2D eigenvalue weighted by atomic mass is 10.0. The Kier molecular flexibility index (Phi) is 6.40. The molecule has 6 rings (SSSR count). The zero-order valence-electron chi connectivity index (χ0n) is 19.5. The molecule has 0 aliphatic carbocycles. The third kappa shape index (κ3) is 4.78. The minimum Gasteiger partial charge on any atom is -0.336 e. The maximum absolute atomic E-state index is 12.9. The van der Waals surface area contributed by atoms with Crippen LogP contribution in [0.15, 0.2) is 42.6 Å². The zero-order valence-corrected chi connectivity index (χ0v) is 21.1. The van der Waals surface area contributed by atoms with Crippen molar-refractivity contribution in [3.8, 4) is 10.4 Å². The second kappa shape index (κ2) is 9.81. The number of amides is 2. The van der Waals surface area contributed by atoms with E-state index in [9.17, 15) is 9.59 Å². The van der Waals surface area contributed by atoms with Gasteiger partial charge in [-0.05, 0) is 68.1 Å². The van der Waals surface area contributed by atoms with Crippen molar-refractivity contribution in [2.75, 3.05) is 31.5 Å². The largest absolute Gasteiger partial charge is 0.336 e. The van der Waals surface area contributed by atoms with Crippen molar-refractivity contribution < 1.29 is 9.59 Å². The molecular weight excluding hydrogens is 478 g/mol. The summed E-state index contributed by atoms with van der Waals surface area (Å²) in [5, 5.41) is 11.5. The molecular formula is C26H29N5O2S2. The van der Waals surface area contributed by atoms with Crippen LogP contribution in [0.5, 0.6) is 0 Å². The molecule has 7 nitrogen and oxygen atoms in total. The number of benzene rings is 1. The van der Waals surface area contributed by atoms with Crippen LogP contribution in [-0.2, 0) is 4.79 Å². The Morgan fingerprint density at radius 3 is 2.69 bits per heavy atom. The molecule has 1 unspecified atom stereocenters. The minimum atomic E-state index is -0.127. The molecule has 0 spiro atoms. The summed E-state index contributed by atoms with van der Waals surface area (Å²) < 4.78 is 0. The van der Waals surface area contributed by atoms with E-state index < -0.39 is 0 Å². The number of carbonyl (C=O) groups excluding carboxylic acids is 2. The van der Waals surface area contributed by atoms with E-state index in [1.54, 1.807) is 11.3 Å². The van der Waals surface area contributed by atoms with E-state index >= 15 is 0 Å². The summed E-state index contributed by atoms with van der Waals surface area (Å²) in [6, 6.07) is 12.7. The molecule has 2 atom stereocenters. The van der Waals surface area contributed by atoms with E-state index in [4.69, 9.17) is 4.98 Å². The highest BCUT2D eigenvalue weighted by Crippen LogP contribution is 2.37. The SMILES string of the molecule is O=C(Nc1ccc(C(=O)N2CC(c3ncc(-c4cccc(C5CCCN5)c4)s3)C2)s1)[C@@H]1CCCN1. The van der Waals surface area contributed by atoms with Crippen LogP contribution in [0.3, 0.4) is 0 Å². The Balaban J connectivity index is 1.05. The number of nitrogens with zero attached hydrogens (tertiary/aromatic N) is 2. The molecule has 3 aliphatic heterocycles. The summed E-state index contributed by atoms with van der Waals surface area (Å²) in [7, 11) is 0. The lowest BCUT2D eigenvalue weighted by molar-refractivity contribution is -0.117. The molecule has 0 radical (unpaired) electrons. The molecule has 9 heteroatoms. The molecule has 3 saturated heterocycles. The standard InChI is InChI=1S/C26H29N5O2S2/c32-24(20-7-3-11-28-20)30-23-9-8-21(34-23)26(33)31-14-18(15-31)25-29-13-22(35-25)17-5-1-4-16(12-17)19-6-2-10-27-19/h1,4-5,8-9,12-13,18-20,27-28H,2-3,6-7,10-11,14-15H2,(H,30,32)/t19?,20-/m0/s1. The van der Waals surface area contributed by atoms with Gasteiger partial charge in [0, 0.05) is 31.2 Å². The van der Waals surface area contributed by atoms with Crippen molar-refractivity contribution in [1.82, 2.24) is 20.5 Å². The van der Waals surface area contributed by atoms with Gasteiger partial charge in [-0.2, -0.15) is 0 Å². The second-order valence-electron chi connectivity index (χ2n) is 9.55. The summed E-state index contributed by atoms with van der Waals surface area (Å²) in [5.41, 5.74) is 2.56. The van der Waals surface area contributed by atoms with Crippen LogP contribution in [0.1, 0.15) is 57.9 Å². The Morgan fingerprint density at radius 1 is 1.03 bits per heavy atom. The number of aromatic nitrogens is 1. The summed E-state index contributed by atoms with van der Waals surface area (Å²) in [4.78, 5) is 33.7. The molecule has 3 aromatic rings. The highest BCUT2D eigenvalue weighted by atomic mass is 32.1. The molecule has 0 bridgehead atoms. The summed E-state index contributed by atoms with van der Waals surface area (Å²) in [6.45, 7) is 3.34. The monoisotopic (exact) mass is 507 g/mol. The van der Waals surface area contributed by atoms with Crippen LogP contribution in [0.2, 0.25) is 0 Å². The van der Waals surface area contributed by atoms with Crippen molar-refractivity contribution in [2.45, 2.75) is 43.7 Å². The Labute approximate surface area is 213 Å². The van der Waals surface area contributed by atoms with Crippen LogP contribution in [0.4, 0.5) is 5.00 Å². The van der Waals surface area contributed by atoms with E-state index in [1.807, 2.05) is 23.2 Å². The van der Waals surface area contributed by atoms with E-state index in [1.165, 1.54) is 40.2 Å². The predicted octanol–water partition coefficient (Wildman–Crippen LogP) is 4.23. The number of thiophene rings is 1. The smallest absolute Gasteiger partial charge is 0.264 e. The first-order valence-electron chi connectivity index (χ1n) is 12.4.